The van der Waals surface area contributed by atoms with E-state index >= 15 is 0 Å². The Morgan fingerprint density at radius 1 is 0.488 bits per heavy atom. The zero-order chi connectivity index (χ0) is 28.3. The van der Waals surface area contributed by atoms with Crippen molar-refractivity contribution in [1.82, 2.24) is 19.1 Å². The fourth-order valence-corrected chi connectivity index (χ4v) is 6.31. The van der Waals surface area contributed by atoms with Gasteiger partial charge in [0.2, 0.25) is 11.7 Å². The van der Waals surface area contributed by atoms with Crippen LogP contribution in [-0.4, -0.2) is 19.1 Å². The molecule has 9 rings (SSSR count). The molecular weight excluding hydrogens is 528 g/mol. The molecule has 0 saturated carbocycles. The van der Waals surface area contributed by atoms with Crippen molar-refractivity contribution in [3.63, 3.8) is 0 Å². The molecule has 0 saturated heterocycles. The van der Waals surface area contributed by atoms with Crippen LogP contribution in [-0.2, 0) is 0 Å². The smallest absolute Gasteiger partial charge is 0.238 e. The molecule has 0 fully saturated rings. The Balaban J connectivity index is 1.30. The Morgan fingerprint density at radius 2 is 1.21 bits per heavy atom. The Labute approximate surface area is 246 Å². The van der Waals surface area contributed by atoms with Gasteiger partial charge in [0.25, 0.3) is 0 Å². The number of fused-ring (bicyclic) bond motifs is 6. The molecule has 0 bridgehead atoms. The molecule has 0 spiro atoms. The highest BCUT2D eigenvalue weighted by molar-refractivity contribution is 6.18. The van der Waals surface area contributed by atoms with E-state index in [4.69, 9.17) is 14.4 Å². The lowest BCUT2D eigenvalue weighted by Gasteiger charge is -2.11. The van der Waals surface area contributed by atoms with Gasteiger partial charge in [-0.3, -0.25) is 4.57 Å². The third kappa shape index (κ3) is 3.65. The van der Waals surface area contributed by atoms with E-state index in [0.717, 1.165) is 60.6 Å². The quantitative estimate of drug-likeness (QED) is 0.218. The molecule has 5 heteroatoms. The van der Waals surface area contributed by atoms with Crippen molar-refractivity contribution in [1.29, 1.82) is 0 Å². The van der Waals surface area contributed by atoms with Crippen LogP contribution in [0.3, 0.4) is 0 Å². The Kier molecular flexibility index (Phi) is 5.13. The zero-order valence-corrected chi connectivity index (χ0v) is 23.1. The van der Waals surface area contributed by atoms with Crippen molar-refractivity contribution in [3.05, 3.63) is 146 Å². The average Bonchev–Trinajstić information content (AvgIpc) is 3.81. The molecule has 0 unspecified atom stereocenters. The van der Waals surface area contributed by atoms with E-state index in [1.807, 2.05) is 18.2 Å². The van der Waals surface area contributed by atoms with Crippen LogP contribution >= 0.6 is 0 Å². The Morgan fingerprint density at radius 3 is 2.05 bits per heavy atom. The molecule has 43 heavy (non-hydrogen) atoms. The van der Waals surface area contributed by atoms with E-state index < -0.39 is 0 Å². The fraction of sp³-hybridized carbons (Fsp3) is 0. The molecule has 0 N–H and O–H groups in total. The first-order chi connectivity index (χ1) is 21.3. The zero-order valence-electron chi connectivity index (χ0n) is 23.1. The second-order valence-corrected chi connectivity index (χ2v) is 10.7. The number of benzene rings is 5. The number of furan rings is 1. The molecule has 9 aromatic rings. The minimum Gasteiger partial charge on any atom is -0.446 e. The van der Waals surface area contributed by atoms with Gasteiger partial charge in [-0.25, -0.2) is 4.98 Å². The van der Waals surface area contributed by atoms with Gasteiger partial charge in [-0.05, 0) is 47.5 Å². The summed E-state index contributed by atoms with van der Waals surface area (Å²) in [5, 5.41) is 4.33. The predicted octanol–water partition coefficient (Wildman–Crippen LogP) is 9.60. The van der Waals surface area contributed by atoms with Crippen molar-refractivity contribution in [3.8, 4) is 34.0 Å². The van der Waals surface area contributed by atoms with Crippen LogP contribution in [0.25, 0.3) is 77.8 Å². The van der Waals surface area contributed by atoms with Crippen LogP contribution in [0.2, 0.25) is 0 Å². The van der Waals surface area contributed by atoms with Crippen LogP contribution < -0.4 is 0 Å². The summed E-state index contributed by atoms with van der Waals surface area (Å²) in [6, 6.07) is 46.4. The summed E-state index contributed by atoms with van der Waals surface area (Å²) in [4.78, 5) is 10.2. The van der Waals surface area contributed by atoms with Gasteiger partial charge in [-0.2, -0.15) is 4.98 Å². The molecule has 0 amide bonds. The van der Waals surface area contributed by atoms with Crippen molar-refractivity contribution in [2.45, 2.75) is 0 Å². The predicted molar refractivity (Wildman–Crippen MR) is 174 cm³/mol. The Hall–Kier alpha value is -5.94. The van der Waals surface area contributed by atoms with Crippen molar-refractivity contribution in [2.24, 2.45) is 0 Å². The maximum atomic E-state index is 5.92. The lowest BCUT2D eigenvalue weighted by Crippen LogP contribution is -2.03. The molecule has 0 aliphatic carbocycles. The number of para-hydroxylation sites is 2. The van der Waals surface area contributed by atoms with Crippen LogP contribution in [0, 0.1) is 0 Å². The molecule has 202 valence electrons. The highest BCUT2D eigenvalue weighted by atomic mass is 16.3. The first-order valence-electron chi connectivity index (χ1n) is 14.3. The van der Waals surface area contributed by atoms with Gasteiger partial charge in [0, 0.05) is 33.6 Å². The van der Waals surface area contributed by atoms with E-state index in [2.05, 4.69) is 131 Å². The van der Waals surface area contributed by atoms with Crippen molar-refractivity contribution >= 4 is 43.8 Å². The Bertz CT molecular complexity index is 2430. The van der Waals surface area contributed by atoms with Gasteiger partial charge in [0.15, 0.2) is 0 Å². The molecular formula is C38H24N4O. The van der Waals surface area contributed by atoms with E-state index in [0.29, 0.717) is 11.7 Å². The summed E-state index contributed by atoms with van der Waals surface area (Å²) in [5.74, 6) is 0.579. The number of hydrogen-bond donors (Lipinski definition) is 0. The molecule has 5 aromatic carbocycles. The SMILES string of the molecule is c1ccc(-c2ccc(-c3nc(-n4c5ccccc5c5ccc6c(ccn6-c6ccccc6)c54)nc4occc34)cc2)cc1. The first-order valence-corrected chi connectivity index (χ1v) is 14.3. The minimum absolute atomic E-state index is 0.562. The normalized spacial score (nSPS) is 11.7. The largest absolute Gasteiger partial charge is 0.446 e. The van der Waals surface area contributed by atoms with Gasteiger partial charge in [0.1, 0.15) is 0 Å². The molecule has 4 heterocycles. The topological polar surface area (TPSA) is 48.8 Å². The molecule has 5 nitrogen and oxygen atoms in total. The van der Waals surface area contributed by atoms with E-state index in [1.54, 1.807) is 6.26 Å². The molecule has 0 atom stereocenters. The summed E-state index contributed by atoms with van der Waals surface area (Å²) < 4.78 is 10.3. The van der Waals surface area contributed by atoms with Crippen LogP contribution in [0.5, 0.6) is 0 Å². The number of rotatable bonds is 4. The van der Waals surface area contributed by atoms with Crippen LogP contribution in [0.15, 0.2) is 150 Å². The van der Waals surface area contributed by atoms with E-state index in [-0.39, 0.29) is 0 Å². The number of nitrogens with zero attached hydrogens (tertiary/aromatic N) is 4. The highest BCUT2D eigenvalue weighted by Gasteiger charge is 2.21. The van der Waals surface area contributed by atoms with Crippen LogP contribution in [0.4, 0.5) is 0 Å². The standard InChI is InChI=1S/C38H24N4O/c1-3-9-25(10-4-1)26-15-17-27(18-16-26)35-32-22-24-43-37(32)40-38(39-35)42-34-14-8-7-13-29(34)30-19-20-33-31(36(30)42)21-23-41(33)28-11-5-2-6-12-28/h1-24H. The molecule has 0 radical (unpaired) electrons. The summed E-state index contributed by atoms with van der Waals surface area (Å²) in [6.07, 6.45) is 3.83. The fourth-order valence-electron chi connectivity index (χ4n) is 6.31. The number of aromatic nitrogens is 4. The number of hydrogen-bond acceptors (Lipinski definition) is 3. The van der Waals surface area contributed by atoms with Gasteiger partial charge in [-0.15, -0.1) is 0 Å². The maximum absolute atomic E-state index is 5.92. The third-order valence-corrected chi connectivity index (χ3v) is 8.32. The summed E-state index contributed by atoms with van der Waals surface area (Å²) in [7, 11) is 0. The van der Waals surface area contributed by atoms with E-state index in [9.17, 15) is 0 Å². The second kappa shape index (κ2) is 9.29. The van der Waals surface area contributed by atoms with Gasteiger partial charge in [-0.1, -0.05) is 97.1 Å². The van der Waals surface area contributed by atoms with E-state index in [1.165, 1.54) is 5.56 Å². The minimum atomic E-state index is 0.562. The summed E-state index contributed by atoms with van der Waals surface area (Å²) >= 11 is 0. The monoisotopic (exact) mass is 552 g/mol. The van der Waals surface area contributed by atoms with Gasteiger partial charge >= 0.3 is 0 Å². The average molecular weight is 553 g/mol. The van der Waals surface area contributed by atoms with Crippen LogP contribution in [0.1, 0.15) is 0 Å². The summed E-state index contributed by atoms with van der Waals surface area (Å²) in [5.41, 5.74) is 9.12. The highest BCUT2D eigenvalue weighted by Crippen LogP contribution is 2.38. The van der Waals surface area contributed by atoms with Crippen molar-refractivity contribution in [2.75, 3.05) is 0 Å². The third-order valence-electron chi connectivity index (χ3n) is 8.32. The maximum Gasteiger partial charge on any atom is 0.238 e. The lowest BCUT2D eigenvalue weighted by molar-refractivity contribution is 0.601. The second-order valence-electron chi connectivity index (χ2n) is 10.7. The molecule has 0 aliphatic rings. The van der Waals surface area contributed by atoms with Crippen molar-refractivity contribution < 1.29 is 4.42 Å². The molecule has 4 aromatic heterocycles. The van der Waals surface area contributed by atoms with Gasteiger partial charge < -0.3 is 8.98 Å². The lowest BCUT2D eigenvalue weighted by atomic mass is 10.0. The first kappa shape index (κ1) is 23.7. The summed E-state index contributed by atoms with van der Waals surface area (Å²) in [6.45, 7) is 0. The molecule has 0 aliphatic heterocycles. The van der Waals surface area contributed by atoms with Gasteiger partial charge in [0.05, 0.1) is 33.9 Å².